The molecule has 19 heavy (non-hydrogen) atoms. The summed E-state index contributed by atoms with van der Waals surface area (Å²) in [4.78, 5) is 20.5. The molecule has 5 nitrogen and oxygen atoms in total. The molecule has 0 aliphatic carbocycles. The molecule has 0 spiro atoms. The average molecular weight is 257 g/mol. The van der Waals surface area contributed by atoms with Crippen LogP contribution in [0.1, 0.15) is 10.4 Å². The molecule has 0 saturated carbocycles. The maximum Gasteiger partial charge on any atom is 0.257 e. The topological polar surface area (TPSA) is 49.6 Å². The first-order valence-corrected chi connectivity index (χ1v) is 6.32. The fourth-order valence-electron chi connectivity index (χ4n) is 2.25. The summed E-state index contributed by atoms with van der Waals surface area (Å²) in [7, 11) is 0. The maximum absolute atomic E-state index is 12.1. The van der Waals surface area contributed by atoms with Gasteiger partial charge >= 0.3 is 0 Å². The van der Waals surface area contributed by atoms with Crippen LogP contribution in [0.5, 0.6) is 0 Å². The number of piperazine rings is 1. The minimum atomic E-state index is 0.0365. The number of hydrogen-bond donors (Lipinski definition) is 0. The van der Waals surface area contributed by atoms with Crippen LogP contribution < -0.4 is 4.90 Å². The molecule has 3 rings (SSSR count). The zero-order valence-corrected chi connectivity index (χ0v) is 10.5. The molecule has 0 radical (unpaired) electrons. The van der Waals surface area contributed by atoms with E-state index < -0.39 is 0 Å². The molecule has 1 amide bonds. The van der Waals surface area contributed by atoms with Gasteiger partial charge in [-0.25, -0.2) is 4.98 Å². The second-order valence-electron chi connectivity index (χ2n) is 4.48. The van der Waals surface area contributed by atoms with Crippen molar-refractivity contribution in [3.05, 3.63) is 48.6 Å². The summed E-state index contributed by atoms with van der Waals surface area (Å²) in [5.74, 6) is 1.01. The molecule has 5 heteroatoms. The number of hydrogen-bond acceptors (Lipinski definition) is 4. The lowest BCUT2D eigenvalue weighted by Crippen LogP contribution is -2.49. The van der Waals surface area contributed by atoms with E-state index in [1.165, 1.54) is 12.5 Å². The van der Waals surface area contributed by atoms with Gasteiger partial charge in [0, 0.05) is 32.4 Å². The third kappa shape index (κ3) is 2.45. The van der Waals surface area contributed by atoms with E-state index >= 15 is 0 Å². The fourth-order valence-corrected chi connectivity index (χ4v) is 2.25. The minimum absolute atomic E-state index is 0.0365. The van der Waals surface area contributed by atoms with Crippen molar-refractivity contribution in [1.29, 1.82) is 0 Å². The number of pyridine rings is 1. The molecule has 1 saturated heterocycles. The quantitative estimate of drug-likeness (QED) is 0.820. The summed E-state index contributed by atoms with van der Waals surface area (Å²) in [5, 5.41) is 0. The van der Waals surface area contributed by atoms with Crippen LogP contribution in [-0.2, 0) is 0 Å². The molecular formula is C14H15N3O2. The highest BCUT2D eigenvalue weighted by Crippen LogP contribution is 2.14. The van der Waals surface area contributed by atoms with Gasteiger partial charge in [0.1, 0.15) is 12.1 Å². The smallest absolute Gasteiger partial charge is 0.257 e. The van der Waals surface area contributed by atoms with Gasteiger partial charge in [0.05, 0.1) is 11.8 Å². The summed E-state index contributed by atoms with van der Waals surface area (Å²) in [6, 6.07) is 7.58. The van der Waals surface area contributed by atoms with E-state index in [2.05, 4.69) is 9.88 Å². The summed E-state index contributed by atoms with van der Waals surface area (Å²) in [5.41, 5.74) is 0.617. The van der Waals surface area contributed by atoms with Crippen LogP contribution in [0.25, 0.3) is 0 Å². The minimum Gasteiger partial charge on any atom is -0.472 e. The molecule has 2 aromatic rings. The first-order valence-electron chi connectivity index (χ1n) is 6.32. The number of furan rings is 1. The van der Waals surface area contributed by atoms with Gasteiger partial charge in [0.25, 0.3) is 5.91 Å². The van der Waals surface area contributed by atoms with Crippen LogP contribution in [0.3, 0.4) is 0 Å². The molecule has 0 bridgehead atoms. The van der Waals surface area contributed by atoms with Gasteiger partial charge in [-0.15, -0.1) is 0 Å². The van der Waals surface area contributed by atoms with Crippen molar-refractivity contribution in [2.24, 2.45) is 0 Å². The highest BCUT2D eigenvalue weighted by Gasteiger charge is 2.23. The second kappa shape index (κ2) is 5.14. The van der Waals surface area contributed by atoms with Gasteiger partial charge < -0.3 is 14.2 Å². The van der Waals surface area contributed by atoms with Crippen molar-refractivity contribution >= 4 is 11.7 Å². The van der Waals surface area contributed by atoms with Crippen LogP contribution >= 0.6 is 0 Å². The van der Waals surface area contributed by atoms with Crippen molar-refractivity contribution in [2.75, 3.05) is 31.1 Å². The molecule has 1 aliphatic rings. The van der Waals surface area contributed by atoms with Crippen LogP contribution in [0, 0.1) is 0 Å². The molecule has 98 valence electrons. The molecule has 0 atom stereocenters. The van der Waals surface area contributed by atoms with Crippen LogP contribution in [0.4, 0.5) is 5.82 Å². The first kappa shape index (κ1) is 11.8. The SMILES string of the molecule is O=C(c1ccoc1)N1CCN(c2ccccn2)CC1. The van der Waals surface area contributed by atoms with Crippen LogP contribution in [0.2, 0.25) is 0 Å². The van der Waals surface area contributed by atoms with Gasteiger partial charge in [-0.2, -0.15) is 0 Å². The van der Waals surface area contributed by atoms with Gasteiger partial charge in [-0.05, 0) is 18.2 Å². The second-order valence-corrected chi connectivity index (χ2v) is 4.48. The van der Waals surface area contributed by atoms with Crippen LogP contribution in [-0.4, -0.2) is 42.0 Å². The molecule has 0 aromatic carbocycles. The van der Waals surface area contributed by atoms with Crippen molar-refractivity contribution in [1.82, 2.24) is 9.88 Å². The van der Waals surface area contributed by atoms with E-state index in [4.69, 9.17) is 4.42 Å². The Morgan fingerprint density at radius 2 is 2.00 bits per heavy atom. The Kier molecular flexibility index (Phi) is 3.18. The summed E-state index contributed by atoms with van der Waals surface area (Å²) >= 11 is 0. The number of nitrogens with zero attached hydrogens (tertiary/aromatic N) is 3. The summed E-state index contributed by atoms with van der Waals surface area (Å²) in [6.45, 7) is 3.03. The van der Waals surface area contributed by atoms with E-state index in [9.17, 15) is 4.79 Å². The predicted octanol–water partition coefficient (Wildman–Crippen LogP) is 1.64. The maximum atomic E-state index is 12.1. The van der Waals surface area contributed by atoms with Gasteiger partial charge in [-0.1, -0.05) is 6.07 Å². The Hall–Kier alpha value is -2.30. The van der Waals surface area contributed by atoms with Crippen molar-refractivity contribution in [3.8, 4) is 0 Å². The third-order valence-electron chi connectivity index (χ3n) is 3.31. The number of aromatic nitrogens is 1. The standard InChI is InChI=1S/C14H15N3O2/c18-14(12-4-10-19-11-12)17-8-6-16(7-9-17)13-3-1-2-5-15-13/h1-5,10-11H,6-9H2. The fraction of sp³-hybridized carbons (Fsp3) is 0.286. The van der Waals surface area contributed by atoms with E-state index in [1.54, 1.807) is 12.3 Å². The van der Waals surface area contributed by atoms with Crippen LogP contribution in [0.15, 0.2) is 47.4 Å². The Bertz CT molecular complexity index is 531. The van der Waals surface area contributed by atoms with Crippen molar-refractivity contribution < 1.29 is 9.21 Å². The van der Waals surface area contributed by atoms with Gasteiger partial charge in [0.2, 0.25) is 0 Å². The number of carbonyl (C=O) groups excluding carboxylic acids is 1. The van der Waals surface area contributed by atoms with E-state index in [0.29, 0.717) is 18.7 Å². The number of carbonyl (C=O) groups is 1. The monoisotopic (exact) mass is 257 g/mol. The number of amides is 1. The van der Waals surface area contributed by atoms with Crippen molar-refractivity contribution in [2.45, 2.75) is 0 Å². The Labute approximate surface area is 111 Å². The number of anilines is 1. The van der Waals surface area contributed by atoms with Gasteiger partial charge in [-0.3, -0.25) is 4.79 Å². The van der Waals surface area contributed by atoms with E-state index in [1.807, 2.05) is 23.1 Å². The lowest BCUT2D eigenvalue weighted by molar-refractivity contribution is 0.0746. The molecule has 2 aromatic heterocycles. The van der Waals surface area contributed by atoms with Gasteiger partial charge in [0.15, 0.2) is 0 Å². The Morgan fingerprint density at radius 3 is 2.63 bits per heavy atom. The molecule has 3 heterocycles. The molecule has 0 N–H and O–H groups in total. The van der Waals surface area contributed by atoms with Crippen molar-refractivity contribution in [3.63, 3.8) is 0 Å². The highest BCUT2D eigenvalue weighted by molar-refractivity contribution is 5.94. The number of rotatable bonds is 2. The molecule has 1 fully saturated rings. The Balaban J connectivity index is 1.62. The van der Waals surface area contributed by atoms with E-state index in [0.717, 1.165) is 18.9 Å². The zero-order chi connectivity index (χ0) is 13.1. The third-order valence-corrected chi connectivity index (χ3v) is 3.31. The summed E-state index contributed by atoms with van der Waals surface area (Å²) in [6.07, 6.45) is 4.81. The molecular weight excluding hydrogens is 242 g/mol. The Morgan fingerprint density at radius 1 is 1.16 bits per heavy atom. The van der Waals surface area contributed by atoms with E-state index in [-0.39, 0.29) is 5.91 Å². The molecule has 0 unspecified atom stereocenters. The highest BCUT2D eigenvalue weighted by atomic mass is 16.3. The molecule has 1 aliphatic heterocycles. The first-order chi connectivity index (χ1) is 9.34. The lowest BCUT2D eigenvalue weighted by Gasteiger charge is -2.35. The lowest BCUT2D eigenvalue weighted by atomic mass is 10.2. The predicted molar refractivity (Wildman–Crippen MR) is 71.1 cm³/mol. The normalized spacial score (nSPS) is 15.6. The zero-order valence-electron chi connectivity index (χ0n) is 10.5. The largest absolute Gasteiger partial charge is 0.472 e. The summed E-state index contributed by atoms with van der Waals surface area (Å²) < 4.78 is 4.95. The average Bonchev–Trinajstić information content (AvgIpc) is 3.02.